The Labute approximate surface area is 147 Å². The van der Waals surface area contributed by atoms with Crippen LogP contribution >= 0.6 is 24.0 Å². The highest BCUT2D eigenvalue weighted by molar-refractivity contribution is 14.0. The highest BCUT2D eigenvalue weighted by atomic mass is 127. The molecule has 0 amide bonds. The molecular weight excluding hydrogens is 394 g/mol. The average molecular weight is 414 g/mol. The van der Waals surface area contributed by atoms with Gasteiger partial charge in [0.25, 0.3) is 0 Å². The standard InChI is InChI=1S/C16H19FN4.HI/c1-18-16(20-11-9-14-7-4-5-10-19-14)21-12-13-6-2-3-8-15(13)17;/h2-8,10H,9,11-12H2,1H3,(H2,18,20,21);1H. The molecule has 0 unspecified atom stereocenters. The van der Waals surface area contributed by atoms with Crippen molar-refractivity contribution >= 4 is 29.9 Å². The molecule has 0 aliphatic rings. The Bertz CT molecular complexity index is 590. The van der Waals surface area contributed by atoms with Gasteiger partial charge >= 0.3 is 0 Å². The van der Waals surface area contributed by atoms with E-state index in [9.17, 15) is 4.39 Å². The first-order chi connectivity index (χ1) is 10.3. The van der Waals surface area contributed by atoms with Crippen LogP contribution in [-0.4, -0.2) is 24.5 Å². The van der Waals surface area contributed by atoms with Gasteiger partial charge in [0.2, 0.25) is 0 Å². The Morgan fingerprint density at radius 2 is 1.91 bits per heavy atom. The number of benzene rings is 1. The van der Waals surface area contributed by atoms with Crippen LogP contribution in [0.5, 0.6) is 0 Å². The summed E-state index contributed by atoms with van der Waals surface area (Å²) in [5, 5.41) is 6.28. The fraction of sp³-hybridized carbons (Fsp3) is 0.250. The highest BCUT2D eigenvalue weighted by Gasteiger charge is 2.02. The Balaban J connectivity index is 0.00000242. The van der Waals surface area contributed by atoms with E-state index in [1.54, 1.807) is 25.4 Å². The third-order valence-corrected chi connectivity index (χ3v) is 3.03. The molecule has 0 spiro atoms. The maximum absolute atomic E-state index is 13.5. The minimum Gasteiger partial charge on any atom is -0.356 e. The molecule has 0 aliphatic carbocycles. The van der Waals surface area contributed by atoms with E-state index >= 15 is 0 Å². The summed E-state index contributed by atoms with van der Waals surface area (Å²) < 4.78 is 13.5. The van der Waals surface area contributed by atoms with Gasteiger partial charge in [-0.15, -0.1) is 24.0 Å². The normalized spacial score (nSPS) is 10.7. The molecule has 118 valence electrons. The number of pyridine rings is 1. The van der Waals surface area contributed by atoms with Crippen LogP contribution in [0.2, 0.25) is 0 Å². The van der Waals surface area contributed by atoms with Gasteiger partial charge in [0, 0.05) is 44.0 Å². The molecule has 2 aromatic rings. The maximum atomic E-state index is 13.5. The molecule has 1 aromatic carbocycles. The van der Waals surface area contributed by atoms with Crippen molar-refractivity contribution in [2.24, 2.45) is 4.99 Å². The van der Waals surface area contributed by atoms with Gasteiger partial charge in [-0.3, -0.25) is 9.98 Å². The third kappa shape index (κ3) is 5.97. The molecule has 1 heterocycles. The van der Waals surface area contributed by atoms with Crippen molar-refractivity contribution < 1.29 is 4.39 Å². The van der Waals surface area contributed by atoms with Gasteiger partial charge in [-0.1, -0.05) is 24.3 Å². The van der Waals surface area contributed by atoms with Crippen molar-refractivity contribution in [1.82, 2.24) is 15.6 Å². The van der Waals surface area contributed by atoms with E-state index in [1.165, 1.54) is 6.07 Å². The first-order valence-electron chi connectivity index (χ1n) is 6.87. The molecule has 1 aromatic heterocycles. The second-order valence-corrected chi connectivity index (χ2v) is 4.52. The second kappa shape index (κ2) is 10.1. The van der Waals surface area contributed by atoms with Gasteiger partial charge in [0.15, 0.2) is 5.96 Å². The molecule has 2 N–H and O–H groups in total. The number of nitrogens with zero attached hydrogens (tertiary/aromatic N) is 2. The number of hydrogen-bond acceptors (Lipinski definition) is 2. The lowest BCUT2D eigenvalue weighted by Gasteiger charge is -2.12. The van der Waals surface area contributed by atoms with E-state index in [1.807, 2.05) is 24.3 Å². The van der Waals surface area contributed by atoms with E-state index in [2.05, 4.69) is 20.6 Å². The van der Waals surface area contributed by atoms with Gasteiger partial charge in [0.05, 0.1) is 0 Å². The monoisotopic (exact) mass is 414 g/mol. The number of guanidine groups is 1. The molecule has 0 saturated carbocycles. The zero-order valence-electron chi connectivity index (χ0n) is 12.4. The Morgan fingerprint density at radius 3 is 2.59 bits per heavy atom. The van der Waals surface area contributed by atoms with Crippen molar-refractivity contribution in [3.63, 3.8) is 0 Å². The zero-order chi connectivity index (χ0) is 14.9. The fourth-order valence-corrected chi connectivity index (χ4v) is 1.90. The number of rotatable bonds is 5. The largest absolute Gasteiger partial charge is 0.356 e. The minimum absolute atomic E-state index is 0. The topological polar surface area (TPSA) is 49.3 Å². The highest BCUT2D eigenvalue weighted by Crippen LogP contribution is 2.05. The van der Waals surface area contributed by atoms with Crippen LogP contribution in [0.25, 0.3) is 0 Å². The third-order valence-electron chi connectivity index (χ3n) is 3.03. The number of aromatic nitrogens is 1. The smallest absolute Gasteiger partial charge is 0.191 e. The van der Waals surface area contributed by atoms with Crippen LogP contribution < -0.4 is 10.6 Å². The zero-order valence-corrected chi connectivity index (χ0v) is 14.8. The van der Waals surface area contributed by atoms with E-state index in [4.69, 9.17) is 0 Å². The summed E-state index contributed by atoms with van der Waals surface area (Å²) in [5.41, 5.74) is 1.64. The van der Waals surface area contributed by atoms with E-state index in [-0.39, 0.29) is 29.8 Å². The Kier molecular flexibility index (Phi) is 8.42. The first kappa shape index (κ1) is 18.3. The molecule has 0 bridgehead atoms. The average Bonchev–Trinajstić information content (AvgIpc) is 2.53. The number of nitrogens with one attached hydrogen (secondary N) is 2. The molecule has 0 saturated heterocycles. The van der Waals surface area contributed by atoms with E-state index < -0.39 is 0 Å². The number of hydrogen-bond donors (Lipinski definition) is 2. The summed E-state index contributed by atoms with van der Waals surface area (Å²) in [6.07, 6.45) is 2.59. The fourth-order valence-electron chi connectivity index (χ4n) is 1.90. The van der Waals surface area contributed by atoms with Gasteiger partial charge in [-0.25, -0.2) is 4.39 Å². The quantitative estimate of drug-likeness (QED) is 0.450. The molecule has 0 aliphatic heterocycles. The summed E-state index contributed by atoms with van der Waals surface area (Å²) in [7, 11) is 1.69. The molecular formula is C16H20FIN4. The van der Waals surface area contributed by atoms with E-state index in [0.717, 1.165) is 12.1 Å². The lowest BCUT2D eigenvalue weighted by atomic mass is 10.2. The second-order valence-electron chi connectivity index (χ2n) is 4.52. The van der Waals surface area contributed by atoms with Crippen molar-refractivity contribution in [2.45, 2.75) is 13.0 Å². The Hall–Kier alpha value is -1.70. The summed E-state index contributed by atoms with van der Waals surface area (Å²) in [6, 6.07) is 12.5. The summed E-state index contributed by atoms with van der Waals surface area (Å²) >= 11 is 0. The van der Waals surface area contributed by atoms with Crippen LogP contribution in [0, 0.1) is 5.82 Å². The summed E-state index contributed by atoms with van der Waals surface area (Å²) in [6.45, 7) is 1.11. The van der Waals surface area contributed by atoms with Crippen molar-refractivity contribution in [2.75, 3.05) is 13.6 Å². The predicted molar refractivity (Wildman–Crippen MR) is 98.0 cm³/mol. The number of aliphatic imine (C=N–C) groups is 1. The van der Waals surface area contributed by atoms with Crippen LogP contribution in [0.3, 0.4) is 0 Å². The lowest BCUT2D eigenvalue weighted by Crippen LogP contribution is -2.38. The van der Waals surface area contributed by atoms with Crippen molar-refractivity contribution in [3.8, 4) is 0 Å². The van der Waals surface area contributed by atoms with Gasteiger partial charge < -0.3 is 10.6 Å². The molecule has 2 rings (SSSR count). The molecule has 0 fully saturated rings. The summed E-state index contributed by atoms with van der Waals surface area (Å²) in [5.74, 6) is 0.433. The van der Waals surface area contributed by atoms with Gasteiger partial charge in [-0.2, -0.15) is 0 Å². The molecule has 0 atom stereocenters. The molecule has 6 heteroatoms. The van der Waals surface area contributed by atoms with Crippen LogP contribution in [-0.2, 0) is 13.0 Å². The molecule has 22 heavy (non-hydrogen) atoms. The molecule has 4 nitrogen and oxygen atoms in total. The van der Waals surface area contributed by atoms with Gasteiger partial charge in [0.1, 0.15) is 5.82 Å². The van der Waals surface area contributed by atoms with E-state index in [0.29, 0.717) is 24.6 Å². The van der Waals surface area contributed by atoms with Crippen LogP contribution in [0.15, 0.2) is 53.7 Å². The number of halogens is 2. The minimum atomic E-state index is -0.214. The van der Waals surface area contributed by atoms with Gasteiger partial charge in [-0.05, 0) is 18.2 Å². The first-order valence-corrected chi connectivity index (χ1v) is 6.87. The lowest BCUT2D eigenvalue weighted by molar-refractivity contribution is 0.604. The van der Waals surface area contributed by atoms with Crippen molar-refractivity contribution in [1.29, 1.82) is 0 Å². The Morgan fingerprint density at radius 1 is 1.14 bits per heavy atom. The van der Waals surface area contributed by atoms with Crippen LogP contribution in [0.1, 0.15) is 11.3 Å². The predicted octanol–water partition coefficient (Wildman–Crippen LogP) is 2.75. The molecule has 0 radical (unpaired) electrons. The van der Waals surface area contributed by atoms with Crippen LogP contribution in [0.4, 0.5) is 4.39 Å². The maximum Gasteiger partial charge on any atom is 0.191 e. The SMILES string of the molecule is CN=C(NCCc1ccccn1)NCc1ccccc1F.I. The summed E-state index contributed by atoms with van der Waals surface area (Å²) in [4.78, 5) is 8.37. The van der Waals surface area contributed by atoms with Crippen molar-refractivity contribution in [3.05, 3.63) is 65.7 Å².